The third kappa shape index (κ3) is 5.82. The van der Waals surface area contributed by atoms with E-state index in [9.17, 15) is 0 Å². The van der Waals surface area contributed by atoms with Crippen molar-refractivity contribution in [1.29, 1.82) is 5.41 Å². The smallest absolute Gasteiger partial charge is 0.106 e. The molecule has 8 heavy (non-hydrogen) atoms. The zero-order valence-electron chi connectivity index (χ0n) is 4.98. The Bertz CT molecular complexity index is 101. The lowest BCUT2D eigenvalue weighted by atomic mass is 10.2. The van der Waals surface area contributed by atoms with E-state index in [0.717, 1.165) is 6.34 Å². The van der Waals surface area contributed by atoms with Gasteiger partial charge >= 0.3 is 0 Å². The summed E-state index contributed by atoms with van der Waals surface area (Å²) < 4.78 is -0.0788. The minimum Gasteiger partial charge on any atom is -0.290 e. The zero-order valence-corrected chi connectivity index (χ0v) is 6.57. The molecule has 0 unspecified atom stereocenters. The summed E-state index contributed by atoms with van der Waals surface area (Å²) in [5.74, 6) is 0. The second kappa shape index (κ2) is 2.97. The third-order valence-corrected chi connectivity index (χ3v) is 0.661. The topological polar surface area (TPSA) is 36.2 Å². The summed E-state index contributed by atoms with van der Waals surface area (Å²) in [6, 6.07) is 0. The first-order valence-corrected chi connectivity index (χ1v) is 3.08. The number of hydrogen-bond donors (Lipinski definition) is 1. The maximum absolute atomic E-state index is 6.54. The van der Waals surface area contributed by atoms with Crippen LogP contribution in [0.3, 0.4) is 0 Å². The van der Waals surface area contributed by atoms with E-state index in [1.807, 2.05) is 13.8 Å². The molecule has 3 heteroatoms. The number of aliphatic imine (C=N–C) groups is 1. The lowest BCUT2D eigenvalue weighted by Crippen LogP contribution is -2.10. The lowest BCUT2D eigenvalue weighted by molar-refractivity contribution is 0.998. The largest absolute Gasteiger partial charge is 0.290 e. The van der Waals surface area contributed by atoms with Crippen LogP contribution in [0.4, 0.5) is 0 Å². The van der Waals surface area contributed by atoms with Gasteiger partial charge in [0.1, 0.15) is 6.34 Å². The van der Waals surface area contributed by atoms with Gasteiger partial charge in [-0.15, -0.1) is 0 Å². The summed E-state index contributed by atoms with van der Waals surface area (Å²) >= 11 is 3.33. The SMILES string of the molecule is CC(C)(Br)/C=N\C=N. The van der Waals surface area contributed by atoms with E-state index in [4.69, 9.17) is 5.41 Å². The fourth-order valence-corrected chi connectivity index (χ4v) is 0.333. The standard InChI is InChI=1S/C5H9BrN2/c1-5(2,6)3-8-4-7/h3-4,7H,1-2H3/b7-4?,8-3-. The van der Waals surface area contributed by atoms with Gasteiger partial charge in [-0.1, -0.05) is 15.9 Å². The molecule has 0 fully saturated rings. The fraction of sp³-hybridized carbons (Fsp3) is 0.600. The van der Waals surface area contributed by atoms with Crippen molar-refractivity contribution in [2.45, 2.75) is 18.2 Å². The van der Waals surface area contributed by atoms with Gasteiger partial charge in [-0.3, -0.25) is 5.41 Å². The fourth-order valence-electron chi connectivity index (χ4n) is 0.215. The van der Waals surface area contributed by atoms with E-state index in [1.165, 1.54) is 0 Å². The van der Waals surface area contributed by atoms with Gasteiger partial charge in [-0.25, -0.2) is 4.99 Å². The Morgan fingerprint density at radius 2 is 2.12 bits per heavy atom. The monoisotopic (exact) mass is 176 g/mol. The molecule has 0 bridgehead atoms. The molecule has 0 atom stereocenters. The molecule has 0 aromatic rings. The van der Waals surface area contributed by atoms with Crippen molar-refractivity contribution in [3.8, 4) is 0 Å². The Hall–Kier alpha value is -0.180. The van der Waals surface area contributed by atoms with Gasteiger partial charge in [-0.05, 0) is 13.8 Å². The molecular formula is C5H9BrN2. The van der Waals surface area contributed by atoms with Crippen LogP contribution >= 0.6 is 15.9 Å². The molecule has 2 nitrogen and oxygen atoms in total. The number of alkyl halides is 1. The van der Waals surface area contributed by atoms with Crippen LogP contribution in [-0.4, -0.2) is 16.9 Å². The van der Waals surface area contributed by atoms with E-state index in [1.54, 1.807) is 6.21 Å². The Labute approximate surface area is 57.6 Å². The average molecular weight is 177 g/mol. The Balaban J connectivity index is 3.69. The first-order chi connectivity index (χ1) is 3.56. The van der Waals surface area contributed by atoms with Crippen molar-refractivity contribution < 1.29 is 0 Å². The maximum atomic E-state index is 6.54. The quantitative estimate of drug-likeness (QED) is 0.379. The van der Waals surface area contributed by atoms with Crippen LogP contribution in [0.1, 0.15) is 13.8 Å². The molecular weight excluding hydrogens is 168 g/mol. The van der Waals surface area contributed by atoms with Crippen LogP contribution < -0.4 is 0 Å². The molecule has 0 saturated carbocycles. The second-order valence-electron chi connectivity index (χ2n) is 1.97. The van der Waals surface area contributed by atoms with Crippen molar-refractivity contribution in [3.63, 3.8) is 0 Å². The maximum Gasteiger partial charge on any atom is 0.106 e. The van der Waals surface area contributed by atoms with Crippen molar-refractivity contribution >= 4 is 28.5 Å². The number of nitrogens with zero attached hydrogens (tertiary/aromatic N) is 1. The van der Waals surface area contributed by atoms with Crippen molar-refractivity contribution in [2.24, 2.45) is 4.99 Å². The highest BCUT2D eigenvalue weighted by atomic mass is 79.9. The molecule has 1 N–H and O–H groups in total. The van der Waals surface area contributed by atoms with Gasteiger partial charge < -0.3 is 0 Å². The Morgan fingerprint density at radius 3 is 2.25 bits per heavy atom. The lowest BCUT2D eigenvalue weighted by Gasteiger charge is -2.05. The molecule has 0 heterocycles. The van der Waals surface area contributed by atoms with Crippen LogP contribution in [0.2, 0.25) is 0 Å². The molecule has 0 aromatic heterocycles. The van der Waals surface area contributed by atoms with Crippen molar-refractivity contribution in [3.05, 3.63) is 0 Å². The highest BCUT2D eigenvalue weighted by Crippen LogP contribution is 2.11. The van der Waals surface area contributed by atoms with E-state index >= 15 is 0 Å². The summed E-state index contributed by atoms with van der Waals surface area (Å²) in [6.07, 6.45) is 2.68. The molecule has 0 aliphatic heterocycles. The van der Waals surface area contributed by atoms with E-state index in [0.29, 0.717) is 0 Å². The molecule has 46 valence electrons. The number of nitrogens with one attached hydrogen (secondary N) is 1. The second-order valence-corrected chi connectivity index (χ2v) is 4.02. The van der Waals surface area contributed by atoms with E-state index in [2.05, 4.69) is 20.9 Å². The summed E-state index contributed by atoms with van der Waals surface area (Å²) in [5.41, 5.74) is 0. The molecule has 0 saturated heterocycles. The van der Waals surface area contributed by atoms with E-state index < -0.39 is 0 Å². The highest BCUT2D eigenvalue weighted by molar-refractivity contribution is 9.10. The summed E-state index contributed by atoms with van der Waals surface area (Å²) in [4.78, 5) is 3.61. The Kier molecular flexibility index (Phi) is 2.90. The molecule has 0 aliphatic rings. The third-order valence-electron chi connectivity index (χ3n) is 0.456. The van der Waals surface area contributed by atoms with Crippen molar-refractivity contribution in [2.75, 3.05) is 0 Å². The summed E-state index contributed by atoms with van der Waals surface area (Å²) in [5, 5.41) is 6.54. The van der Waals surface area contributed by atoms with Crippen LogP contribution in [0.15, 0.2) is 4.99 Å². The van der Waals surface area contributed by atoms with Crippen LogP contribution in [0.5, 0.6) is 0 Å². The van der Waals surface area contributed by atoms with Gasteiger partial charge in [-0.2, -0.15) is 0 Å². The molecule has 0 rings (SSSR count). The molecule has 0 aromatic carbocycles. The van der Waals surface area contributed by atoms with Gasteiger partial charge in [0.2, 0.25) is 0 Å². The molecule has 0 spiro atoms. The zero-order chi connectivity index (χ0) is 6.62. The van der Waals surface area contributed by atoms with Crippen LogP contribution in [-0.2, 0) is 0 Å². The molecule has 0 radical (unpaired) electrons. The van der Waals surface area contributed by atoms with Gasteiger partial charge in [0.15, 0.2) is 0 Å². The van der Waals surface area contributed by atoms with E-state index in [-0.39, 0.29) is 4.32 Å². The normalized spacial score (nSPS) is 12.4. The van der Waals surface area contributed by atoms with Gasteiger partial charge in [0.25, 0.3) is 0 Å². The average Bonchev–Trinajstić information content (AvgIpc) is 1.59. The predicted octanol–water partition coefficient (Wildman–Crippen LogP) is 1.84. The minimum absolute atomic E-state index is 0.0788. The van der Waals surface area contributed by atoms with Crippen LogP contribution in [0, 0.1) is 5.41 Å². The number of hydrogen-bond acceptors (Lipinski definition) is 1. The van der Waals surface area contributed by atoms with Gasteiger partial charge in [0.05, 0.1) is 4.32 Å². The molecule has 0 amide bonds. The predicted molar refractivity (Wildman–Crippen MR) is 40.3 cm³/mol. The first kappa shape index (κ1) is 7.82. The van der Waals surface area contributed by atoms with Gasteiger partial charge in [0, 0.05) is 6.21 Å². The first-order valence-electron chi connectivity index (χ1n) is 2.28. The Morgan fingerprint density at radius 1 is 1.62 bits per heavy atom. The molecule has 0 aliphatic carbocycles. The number of rotatable bonds is 2. The van der Waals surface area contributed by atoms with Crippen LogP contribution in [0.25, 0.3) is 0 Å². The van der Waals surface area contributed by atoms with Crippen molar-refractivity contribution in [1.82, 2.24) is 0 Å². The highest BCUT2D eigenvalue weighted by Gasteiger charge is 2.05. The summed E-state index contributed by atoms with van der Waals surface area (Å²) in [7, 11) is 0. The number of halogens is 1. The summed E-state index contributed by atoms with van der Waals surface area (Å²) in [6.45, 7) is 3.92. The minimum atomic E-state index is -0.0788.